The second-order valence-corrected chi connectivity index (χ2v) is 9.87. The number of hydrogen-bond acceptors (Lipinski definition) is 8. The van der Waals surface area contributed by atoms with Crippen molar-refractivity contribution in [3.05, 3.63) is 59.7 Å². The van der Waals surface area contributed by atoms with Gasteiger partial charge in [-0.15, -0.1) is 0 Å². The van der Waals surface area contributed by atoms with Gasteiger partial charge in [0.1, 0.15) is 47.5 Å². The highest BCUT2D eigenvalue weighted by atomic mass is 32.2. The Morgan fingerprint density at radius 1 is 0.914 bits per heavy atom. The Morgan fingerprint density at radius 3 is 1.89 bits per heavy atom. The van der Waals surface area contributed by atoms with Crippen molar-refractivity contribution < 1.29 is 28.1 Å². The summed E-state index contributed by atoms with van der Waals surface area (Å²) >= 11 is 1.50. The summed E-state index contributed by atoms with van der Waals surface area (Å²) in [5, 5.41) is 0.833. The molecule has 1 saturated heterocycles. The highest BCUT2D eigenvalue weighted by molar-refractivity contribution is 8.14. The van der Waals surface area contributed by atoms with Crippen molar-refractivity contribution >= 4 is 16.9 Å². The number of rotatable bonds is 9. The Morgan fingerprint density at radius 2 is 1.43 bits per heavy atom. The maximum atomic E-state index is 14.8. The molecule has 9 heteroatoms. The number of thioether (sulfide) groups is 1. The smallest absolute Gasteiger partial charge is 0.161 e. The number of ether oxygens (including phenoxy) is 5. The van der Waals surface area contributed by atoms with E-state index >= 15 is 0 Å². The Balaban J connectivity index is 1.57. The van der Waals surface area contributed by atoms with Crippen molar-refractivity contribution in [3.63, 3.8) is 0 Å². The number of hydrogen-bond donors (Lipinski definition) is 0. The molecule has 1 fully saturated rings. The number of amidine groups is 1. The van der Waals surface area contributed by atoms with Gasteiger partial charge in [-0.25, -0.2) is 4.39 Å². The molecule has 6 atom stereocenters. The van der Waals surface area contributed by atoms with E-state index < -0.39 is 24.5 Å². The number of halogens is 1. The maximum Gasteiger partial charge on any atom is 0.161 e. The zero-order valence-electron chi connectivity index (χ0n) is 20.7. The second kappa shape index (κ2) is 11.6. The number of nitrogens with zero attached hydrogens (tertiary/aromatic N) is 2. The molecule has 0 spiro atoms. The van der Waals surface area contributed by atoms with Gasteiger partial charge in [0.15, 0.2) is 5.17 Å². The average molecular weight is 505 g/mol. The molecule has 2 heterocycles. The summed E-state index contributed by atoms with van der Waals surface area (Å²) in [6, 6.07) is 15.0. The third-order valence-electron chi connectivity index (χ3n) is 6.07. The molecule has 0 saturated carbocycles. The lowest BCUT2D eigenvalue weighted by Crippen LogP contribution is -2.59. The molecular weight excluding hydrogens is 471 g/mol. The van der Waals surface area contributed by atoms with Gasteiger partial charge in [-0.2, -0.15) is 0 Å². The Labute approximate surface area is 210 Å². The third-order valence-corrected chi connectivity index (χ3v) is 7.38. The summed E-state index contributed by atoms with van der Waals surface area (Å²) in [7, 11) is 7.13. The van der Waals surface area contributed by atoms with Gasteiger partial charge in [-0.1, -0.05) is 36.0 Å². The molecule has 7 nitrogen and oxygen atoms in total. The second-order valence-electron chi connectivity index (χ2n) is 8.81. The van der Waals surface area contributed by atoms with E-state index in [1.54, 1.807) is 14.2 Å². The van der Waals surface area contributed by atoms with Gasteiger partial charge < -0.3 is 28.6 Å². The largest absolute Gasteiger partial charge is 0.497 e. The standard InChI is InChI=1S/C26H33FN2O5S/c1-16(27)22-24(33-15-18-8-12-20(31-5)13-9-18)23(21-25(34-22)35-26(28-21)29(2)3)32-14-17-6-10-19(30-4)11-7-17/h6-13,16,21-25H,14-15H2,1-5H3/t16-,21?,22?,23?,24?,25?/m0/s1. The van der Waals surface area contributed by atoms with E-state index in [0.29, 0.717) is 13.2 Å². The van der Waals surface area contributed by atoms with E-state index in [1.165, 1.54) is 18.7 Å². The van der Waals surface area contributed by atoms with Crippen LogP contribution in [0.4, 0.5) is 4.39 Å². The Bertz CT molecular complexity index is 986. The zero-order valence-corrected chi connectivity index (χ0v) is 21.5. The summed E-state index contributed by atoms with van der Waals surface area (Å²) in [6.45, 7) is 2.13. The van der Waals surface area contributed by atoms with Crippen LogP contribution in [-0.4, -0.2) is 74.3 Å². The van der Waals surface area contributed by atoms with Crippen LogP contribution in [0.5, 0.6) is 11.5 Å². The molecule has 0 aliphatic carbocycles. The lowest BCUT2D eigenvalue weighted by Gasteiger charge is -2.43. The van der Waals surface area contributed by atoms with E-state index in [1.807, 2.05) is 67.5 Å². The Hall–Kier alpha value is -2.33. The van der Waals surface area contributed by atoms with Crippen molar-refractivity contribution in [3.8, 4) is 11.5 Å². The first-order chi connectivity index (χ1) is 16.9. The SMILES string of the molecule is COc1ccc(COC2C3N=C(N(C)C)SC3OC([C@H](C)F)C2OCc2ccc(OC)cc2)cc1. The first-order valence-corrected chi connectivity index (χ1v) is 12.5. The summed E-state index contributed by atoms with van der Waals surface area (Å²) in [5.74, 6) is 1.54. The number of benzene rings is 2. The maximum absolute atomic E-state index is 14.8. The van der Waals surface area contributed by atoms with Gasteiger partial charge >= 0.3 is 0 Å². The zero-order chi connectivity index (χ0) is 24.9. The lowest BCUT2D eigenvalue weighted by molar-refractivity contribution is -0.210. The van der Waals surface area contributed by atoms with Gasteiger partial charge in [0.25, 0.3) is 0 Å². The van der Waals surface area contributed by atoms with Crippen LogP contribution in [-0.2, 0) is 27.4 Å². The first kappa shape index (κ1) is 25.8. The fourth-order valence-corrected chi connectivity index (χ4v) is 5.28. The van der Waals surface area contributed by atoms with Crippen LogP contribution in [0.25, 0.3) is 0 Å². The van der Waals surface area contributed by atoms with Crippen LogP contribution >= 0.6 is 11.8 Å². The number of aliphatic imine (C=N–C) groups is 1. The van der Waals surface area contributed by atoms with Crippen LogP contribution in [0, 0.1) is 0 Å². The lowest BCUT2D eigenvalue weighted by atomic mass is 9.95. The third kappa shape index (κ3) is 6.09. The molecule has 2 aromatic rings. The fourth-order valence-electron chi connectivity index (χ4n) is 4.14. The summed E-state index contributed by atoms with van der Waals surface area (Å²) < 4.78 is 44.3. The average Bonchev–Trinajstić information content (AvgIpc) is 3.31. The van der Waals surface area contributed by atoms with Crippen molar-refractivity contribution in [1.82, 2.24) is 4.90 Å². The van der Waals surface area contributed by atoms with E-state index in [2.05, 4.69) is 0 Å². The van der Waals surface area contributed by atoms with Gasteiger partial charge in [-0.05, 0) is 42.3 Å². The highest BCUT2D eigenvalue weighted by Crippen LogP contribution is 2.41. The van der Waals surface area contributed by atoms with Crippen LogP contribution in [0.15, 0.2) is 53.5 Å². The summed E-state index contributed by atoms with van der Waals surface area (Å²) in [5.41, 5.74) is 1.60. The fraction of sp³-hybridized carbons (Fsp3) is 0.500. The van der Waals surface area contributed by atoms with E-state index in [0.717, 1.165) is 27.8 Å². The van der Waals surface area contributed by atoms with Crippen LogP contribution in [0.1, 0.15) is 18.1 Å². The van der Waals surface area contributed by atoms with Gasteiger partial charge in [0.2, 0.25) is 0 Å². The van der Waals surface area contributed by atoms with Crippen molar-refractivity contribution in [2.45, 2.75) is 56.1 Å². The molecule has 0 aromatic heterocycles. The molecule has 0 radical (unpaired) electrons. The number of alkyl halides is 1. The quantitative estimate of drug-likeness (QED) is 0.505. The van der Waals surface area contributed by atoms with E-state index in [4.69, 9.17) is 28.7 Å². The predicted molar refractivity (Wildman–Crippen MR) is 135 cm³/mol. The number of fused-ring (bicyclic) bond motifs is 1. The number of methoxy groups -OCH3 is 2. The molecular formula is C26H33FN2O5S. The van der Waals surface area contributed by atoms with Gasteiger partial charge in [0, 0.05) is 14.1 Å². The minimum Gasteiger partial charge on any atom is -0.497 e. The highest BCUT2D eigenvalue weighted by Gasteiger charge is 2.52. The molecule has 0 amide bonds. The van der Waals surface area contributed by atoms with E-state index in [-0.39, 0.29) is 11.5 Å². The molecule has 2 aliphatic heterocycles. The summed E-state index contributed by atoms with van der Waals surface area (Å²) in [4.78, 5) is 6.81. The first-order valence-electron chi connectivity index (χ1n) is 11.6. The molecule has 4 rings (SSSR count). The van der Waals surface area contributed by atoms with Crippen LogP contribution in [0.2, 0.25) is 0 Å². The molecule has 35 heavy (non-hydrogen) atoms. The molecule has 190 valence electrons. The van der Waals surface area contributed by atoms with Crippen molar-refractivity contribution in [1.29, 1.82) is 0 Å². The normalized spacial score (nSPS) is 26.6. The van der Waals surface area contributed by atoms with Crippen LogP contribution < -0.4 is 9.47 Å². The van der Waals surface area contributed by atoms with Crippen LogP contribution in [0.3, 0.4) is 0 Å². The Kier molecular flexibility index (Phi) is 8.54. The van der Waals surface area contributed by atoms with E-state index in [9.17, 15) is 4.39 Å². The topological polar surface area (TPSA) is 61.8 Å². The molecule has 2 aliphatic rings. The van der Waals surface area contributed by atoms with Gasteiger partial charge in [0.05, 0.1) is 27.4 Å². The minimum atomic E-state index is -1.24. The molecule has 2 aromatic carbocycles. The van der Waals surface area contributed by atoms with Crippen molar-refractivity contribution in [2.75, 3.05) is 28.3 Å². The summed E-state index contributed by atoms with van der Waals surface area (Å²) in [6.07, 6.45) is -3.14. The molecule has 0 N–H and O–H groups in total. The molecule has 0 bridgehead atoms. The van der Waals surface area contributed by atoms with Crippen molar-refractivity contribution in [2.24, 2.45) is 4.99 Å². The minimum absolute atomic E-state index is 0.290. The predicted octanol–water partition coefficient (Wildman–Crippen LogP) is 4.29. The molecule has 5 unspecified atom stereocenters. The van der Waals surface area contributed by atoms with Gasteiger partial charge in [-0.3, -0.25) is 4.99 Å². The monoisotopic (exact) mass is 504 g/mol.